The molecular weight excluding hydrogens is 426 g/mol. The van der Waals surface area contributed by atoms with Crippen LogP contribution in [0.3, 0.4) is 0 Å². The molecule has 1 atom stereocenters. The molecule has 4 rings (SSSR count). The van der Waals surface area contributed by atoms with Gasteiger partial charge >= 0.3 is 0 Å². The highest BCUT2D eigenvalue weighted by atomic mass is 35.5. The molecule has 3 aromatic carbocycles. The summed E-state index contributed by atoms with van der Waals surface area (Å²) in [5, 5.41) is 4.53. The fourth-order valence-electron chi connectivity index (χ4n) is 3.60. The number of rotatable bonds is 8. The van der Waals surface area contributed by atoms with Gasteiger partial charge in [-0.2, -0.15) is 0 Å². The molecule has 1 aromatic heterocycles. The number of hydrogen-bond acceptors (Lipinski definition) is 5. The number of aromatic amines is 1. The van der Waals surface area contributed by atoms with Crippen molar-refractivity contribution in [2.24, 2.45) is 0 Å². The maximum Gasteiger partial charge on any atom is 0.258 e. The van der Waals surface area contributed by atoms with Crippen molar-refractivity contribution in [3.63, 3.8) is 0 Å². The third-order valence-corrected chi connectivity index (χ3v) is 5.58. The number of benzene rings is 3. The van der Waals surface area contributed by atoms with Gasteiger partial charge in [0.2, 0.25) is 0 Å². The highest BCUT2D eigenvalue weighted by molar-refractivity contribution is 6.31. The number of aromatic nitrogens is 2. The number of halogens is 1. The van der Waals surface area contributed by atoms with Crippen molar-refractivity contribution >= 4 is 22.5 Å². The molecule has 0 saturated heterocycles. The van der Waals surface area contributed by atoms with Crippen LogP contribution in [0, 0.1) is 0 Å². The maximum absolute atomic E-state index is 12.5. The third kappa shape index (κ3) is 5.10. The molecule has 4 aromatic rings. The fourth-order valence-corrected chi connectivity index (χ4v) is 3.78. The summed E-state index contributed by atoms with van der Waals surface area (Å²) in [5.74, 6) is 2.19. The monoisotopic (exact) mass is 449 g/mol. The molecule has 7 heteroatoms. The fraction of sp³-hybridized carbons (Fsp3) is 0.200. The molecule has 0 aliphatic heterocycles. The minimum atomic E-state index is -0.203. The Kier molecular flexibility index (Phi) is 6.73. The zero-order valence-corrected chi connectivity index (χ0v) is 18.6. The molecule has 0 spiro atoms. The van der Waals surface area contributed by atoms with Crippen LogP contribution in [0.15, 0.2) is 71.5 Å². The predicted molar refractivity (Wildman–Crippen MR) is 127 cm³/mol. The lowest BCUT2D eigenvalue weighted by Gasteiger charge is -2.20. The van der Waals surface area contributed by atoms with Crippen LogP contribution in [-0.2, 0) is 13.0 Å². The summed E-state index contributed by atoms with van der Waals surface area (Å²) < 4.78 is 10.6. The van der Waals surface area contributed by atoms with Gasteiger partial charge in [0.05, 0.1) is 31.7 Å². The Morgan fingerprint density at radius 2 is 1.62 bits per heavy atom. The van der Waals surface area contributed by atoms with Gasteiger partial charge in [-0.3, -0.25) is 4.79 Å². The van der Waals surface area contributed by atoms with E-state index in [2.05, 4.69) is 27.4 Å². The number of methoxy groups -OCH3 is 2. The number of nitrogens with one attached hydrogen (secondary N) is 2. The van der Waals surface area contributed by atoms with Crippen molar-refractivity contribution < 1.29 is 9.47 Å². The number of fused-ring (bicyclic) bond motifs is 1. The van der Waals surface area contributed by atoms with Crippen LogP contribution in [0.2, 0.25) is 5.02 Å². The molecule has 0 bridgehead atoms. The molecule has 2 N–H and O–H groups in total. The zero-order valence-electron chi connectivity index (χ0n) is 17.9. The Labute approximate surface area is 191 Å². The van der Waals surface area contributed by atoms with Gasteiger partial charge in [0.25, 0.3) is 5.56 Å². The van der Waals surface area contributed by atoms with E-state index >= 15 is 0 Å². The largest absolute Gasteiger partial charge is 0.497 e. The van der Waals surface area contributed by atoms with Crippen molar-refractivity contribution in [3.8, 4) is 11.5 Å². The first kappa shape index (κ1) is 21.9. The molecular formula is C25H24ClN3O3. The predicted octanol–water partition coefficient (Wildman–Crippen LogP) is 4.67. The molecule has 0 aliphatic rings. The van der Waals surface area contributed by atoms with Crippen LogP contribution in [0.25, 0.3) is 10.9 Å². The number of ether oxygens (including phenoxy) is 2. The highest BCUT2D eigenvalue weighted by Gasteiger charge is 2.14. The molecule has 1 heterocycles. The van der Waals surface area contributed by atoms with Crippen LogP contribution in [0.4, 0.5) is 0 Å². The maximum atomic E-state index is 12.5. The van der Waals surface area contributed by atoms with Crippen LogP contribution >= 0.6 is 11.6 Å². The number of nitrogens with zero attached hydrogens (tertiary/aromatic N) is 1. The lowest BCUT2D eigenvalue weighted by molar-refractivity contribution is 0.413. The van der Waals surface area contributed by atoms with E-state index in [1.165, 1.54) is 0 Å². The molecule has 6 nitrogen and oxygen atoms in total. The Morgan fingerprint density at radius 1 is 0.969 bits per heavy atom. The van der Waals surface area contributed by atoms with Gasteiger partial charge in [-0.15, -0.1) is 0 Å². The summed E-state index contributed by atoms with van der Waals surface area (Å²) >= 11 is 6.01. The van der Waals surface area contributed by atoms with Crippen molar-refractivity contribution in [2.75, 3.05) is 14.2 Å². The summed E-state index contributed by atoms with van der Waals surface area (Å²) in [5.41, 5.74) is 2.68. The molecule has 0 aliphatic carbocycles. The van der Waals surface area contributed by atoms with Gasteiger partial charge in [-0.05, 0) is 60.0 Å². The van der Waals surface area contributed by atoms with E-state index in [4.69, 9.17) is 21.1 Å². The summed E-state index contributed by atoms with van der Waals surface area (Å²) in [6, 6.07) is 21.1. The van der Waals surface area contributed by atoms with Crippen LogP contribution < -0.4 is 20.3 Å². The quantitative estimate of drug-likeness (QED) is 0.409. The minimum absolute atomic E-state index is 0.000479. The van der Waals surface area contributed by atoms with Gasteiger partial charge < -0.3 is 19.8 Å². The van der Waals surface area contributed by atoms with Crippen molar-refractivity contribution in [3.05, 3.63) is 99.1 Å². The SMILES string of the molecule is COc1ccc(CC(NCc2nc3ccc(Cl)cc3c(=O)[nH]2)c2ccc(OC)cc2)cc1. The van der Waals surface area contributed by atoms with Gasteiger partial charge in [0.1, 0.15) is 17.3 Å². The van der Waals surface area contributed by atoms with Gasteiger partial charge in [-0.25, -0.2) is 4.98 Å². The van der Waals surface area contributed by atoms with E-state index in [1.54, 1.807) is 32.4 Å². The average Bonchev–Trinajstić information content (AvgIpc) is 2.82. The summed E-state index contributed by atoms with van der Waals surface area (Å²) in [4.78, 5) is 19.9. The van der Waals surface area contributed by atoms with Crippen LogP contribution in [0.1, 0.15) is 23.0 Å². The second kappa shape index (κ2) is 9.85. The van der Waals surface area contributed by atoms with E-state index in [0.29, 0.717) is 28.3 Å². The molecule has 0 radical (unpaired) electrons. The topological polar surface area (TPSA) is 76.2 Å². The van der Waals surface area contributed by atoms with Gasteiger partial charge in [0, 0.05) is 11.1 Å². The summed E-state index contributed by atoms with van der Waals surface area (Å²) in [7, 11) is 3.30. The first-order valence-electron chi connectivity index (χ1n) is 10.2. The molecule has 32 heavy (non-hydrogen) atoms. The van der Waals surface area contributed by atoms with Crippen LogP contribution in [-0.4, -0.2) is 24.2 Å². The molecule has 0 amide bonds. The summed E-state index contributed by atoms with van der Waals surface area (Å²) in [6.45, 7) is 0.403. The van der Waals surface area contributed by atoms with E-state index in [9.17, 15) is 4.79 Å². The Hall–Kier alpha value is -3.35. The second-order valence-electron chi connectivity index (χ2n) is 7.43. The van der Waals surface area contributed by atoms with Crippen molar-refractivity contribution in [1.82, 2.24) is 15.3 Å². The van der Waals surface area contributed by atoms with Gasteiger partial charge in [0.15, 0.2) is 0 Å². The lowest BCUT2D eigenvalue weighted by atomic mass is 9.98. The molecule has 0 saturated carbocycles. The number of H-pyrrole nitrogens is 1. The Morgan fingerprint density at radius 3 is 2.28 bits per heavy atom. The van der Waals surface area contributed by atoms with Gasteiger partial charge in [-0.1, -0.05) is 35.9 Å². The zero-order chi connectivity index (χ0) is 22.5. The highest BCUT2D eigenvalue weighted by Crippen LogP contribution is 2.23. The summed E-state index contributed by atoms with van der Waals surface area (Å²) in [6.07, 6.45) is 0.754. The third-order valence-electron chi connectivity index (χ3n) is 5.35. The standard InChI is InChI=1S/C25H24ClN3O3/c1-31-19-8-3-16(4-9-19)13-23(17-5-10-20(32-2)11-6-17)27-15-24-28-22-12-7-18(26)14-21(22)25(30)29-24/h3-12,14,23,27H,13,15H2,1-2H3,(H,28,29,30). The normalized spacial score (nSPS) is 12.0. The van der Waals surface area contributed by atoms with E-state index in [-0.39, 0.29) is 11.6 Å². The lowest BCUT2D eigenvalue weighted by Crippen LogP contribution is -2.25. The first-order chi connectivity index (χ1) is 15.6. The first-order valence-corrected chi connectivity index (χ1v) is 10.6. The Balaban J connectivity index is 1.58. The van der Waals surface area contributed by atoms with E-state index in [0.717, 1.165) is 29.0 Å². The smallest absolute Gasteiger partial charge is 0.258 e. The average molecular weight is 450 g/mol. The van der Waals surface area contributed by atoms with Crippen molar-refractivity contribution in [2.45, 2.75) is 19.0 Å². The van der Waals surface area contributed by atoms with Crippen molar-refractivity contribution in [1.29, 1.82) is 0 Å². The van der Waals surface area contributed by atoms with Crippen LogP contribution in [0.5, 0.6) is 11.5 Å². The van der Waals surface area contributed by atoms with E-state index < -0.39 is 0 Å². The van der Waals surface area contributed by atoms with E-state index in [1.807, 2.05) is 36.4 Å². The molecule has 1 unspecified atom stereocenters. The number of hydrogen-bond donors (Lipinski definition) is 2. The molecule has 164 valence electrons. The molecule has 0 fully saturated rings. The Bertz CT molecular complexity index is 1250. The second-order valence-corrected chi connectivity index (χ2v) is 7.87. The minimum Gasteiger partial charge on any atom is -0.497 e.